The van der Waals surface area contributed by atoms with Crippen molar-refractivity contribution >= 4 is 5.91 Å². The summed E-state index contributed by atoms with van der Waals surface area (Å²) in [4.78, 5) is 14.2. The predicted octanol–water partition coefficient (Wildman–Crippen LogP) is 2.59. The Labute approximate surface area is 133 Å². The summed E-state index contributed by atoms with van der Waals surface area (Å²) in [6, 6.07) is 7.93. The summed E-state index contributed by atoms with van der Waals surface area (Å²) in [6.07, 6.45) is 0.363. The SMILES string of the molecule is CC(Oc1cccc(C(C)(C)C)c1)C(=O)N1CCC(CO)C1. The van der Waals surface area contributed by atoms with E-state index in [2.05, 4.69) is 26.8 Å². The topological polar surface area (TPSA) is 49.8 Å². The van der Waals surface area contributed by atoms with Crippen LogP contribution in [0.3, 0.4) is 0 Å². The molecule has 1 fully saturated rings. The molecule has 0 bridgehead atoms. The van der Waals surface area contributed by atoms with Gasteiger partial charge >= 0.3 is 0 Å². The van der Waals surface area contributed by atoms with Crippen molar-refractivity contribution in [3.8, 4) is 5.75 Å². The van der Waals surface area contributed by atoms with Gasteiger partial charge in [0.25, 0.3) is 5.91 Å². The number of likely N-dealkylation sites (tertiary alicyclic amines) is 1. The van der Waals surface area contributed by atoms with Crippen LogP contribution < -0.4 is 4.74 Å². The molecular weight excluding hydrogens is 278 g/mol. The first-order valence-corrected chi connectivity index (χ1v) is 7.98. The van der Waals surface area contributed by atoms with Crippen molar-refractivity contribution in [3.63, 3.8) is 0 Å². The summed E-state index contributed by atoms with van der Waals surface area (Å²) in [5.74, 6) is 0.934. The molecule has 1 N–H and O–H groups in total. The highest BCUT2D eigenvalue weighted by Gasteiger charge is 2.29. The number of carbonyl (C=O) groups excluding carboxylic acids is 1. The normalized spacial score (nSPS) is 20.0. The molecule has 1 aromatic carbocycles. The van der Waals surface area contributed by atoms with E-state index in [4.69, 9.17) is 4.74 Å². The Balaban J connectivity index is 2.00. The summed E-state index contributed by atoms with van der Waals surface area (Å²) in [6.45, 7) is 9.73. The second kappa shape index (κ2) is 6.69. The second-order valence-electron chi connectivity index (χ2n) is 7.16. The number of aliphatic hydroxyl groups is 1. The van der Waals surface area contributed by atoms with E-state index >= 15 is 0 Å². The van der Waals surface area contributed by atoms with E-state index in [0.29, 0.717) is 13.1 Å². The molecule has 2 unspecified atom stereocenters. The van der Waals surface area contributed by atoms with Gasteiger partial charge in [-0.15, -0.1) is 0 Å². The van der Waals surface area contributed by atoms with Gasteiger partial charge in [-0.2, -0.15) is 0 Å². The smallest absolute Gasteiger partial charge is 0.263 e. The Morgan fingerprint density at radius 3 is 2.77 bits per heavy atom. The zero-order chi connectivity index (χ0) is 16.3. The lowest BCUT2D eigenvalue weighted by atomic mass is 9.87. The standard InChI is InChI=1S/C18H27NO3/c1-13(17(21)19-9-8-14(11-19)12-20)22-16-7-5-6-15(10-16)18(2,3)4/h5-7,10,13-14,20H,8-9,11-12H2,1-4H3. The average molecular weight is 305 g/mol. The summed E-state index contributed by atoms with van der Waals surface area (Å²) < 4.78 is 5.84. The molecule has 0 radical (unpaired) electrons. The van der Waals surface area contributed by atoms with Crippen LogP contribution >= 0.6 is 0 Å². The van der Waals surface area contributed by atoms with Crippen LogP contribution in [0.4, 0.5) is 0 Å². The van der Waals surface area contributed by atoms with Gasteiger partial charge in [-0.3, -0.25) is 4.79 Å². The molecule has 1 aromatic rings. The van der Waals surface area contributed by atoms with Crippen molar-refractivity contribution in [3.05, 3.63) is 29.8 Å². The van der Waals surface area contributed by atoms with E-state index in [1.54, 1.807) is 11.8 Å². The summed E-state index contributed by atoms with van der Waals surface area (Å²) >= 11 is 0. The van der Waals surface area contributed by atoms with Gasteiger partial charge in [-0.1, -0.05) is 32.9 Å². The molecule has 1 heterocycles. The van der Waals surface area contributed by atoms with E-state index in [-0.39, 0.29) is 23.8 Å². The minimum atomic E-state index is -0.507. The second-order valence-corrected chi connectivity index (χ2v) is 7.16. The lowest BCUT2D eigenvalue weighted by Gasteiger charge is -2.23. The van der Waals surface area contributed by atoms with Crippen LogP contribution in [0.1, 0.15) is 39.7 Å². The van der Waals surface area contributed by atoms with Crippen LogP contribution in [0.25, 0.3) is 0 Å². The van der Waals surface area contributed by atoms with Gasteiger partial charge in [-0.05, 0) is 36.5 Å². The lowest BCUT2D eigenvalue weighted by Crippen LogP contribution is -2.39. The van der Waals surface area contributed by atoms with Crippen LogP contribution in [0.5, 0.6) is 5.75 Å². The Hall–Kier alpha value is -1.55. The zero-order valence-electron chi connectivity index (χ0n) is 14.0. The first kappa shape index (κ1) is 16.8. The monoisotopic (exact) mass is 305 g/mol. The maximum absolute atomic E-state index is 12.4. The molecule has 0 aromatic heterocycles. The Morgan fingerprint density at radius 1 is 1.45 bits per heavy atom. The highest BCUT2D eigenvalue weighted by molar-refractivity contribution is 5.81. The van der Waals surface area contributed by atoms with Crippen molar-refractivity contribution in [1.82, 2.24) is 4.90 Å². The van der Waals surface area contributed by atoms with Gasteiger partial charge in [0.15, 0.2) is 6.10 Å². The number of hydrogen-bond donors (Lipinski definition) is 1. The van der Waals surface area contributed by atoms with Crippen molar-refractivity contribution in [2.75, 3.05) is 19.7 Å². The number of rotatable bonds is 4. The third kappa shape index (κ3) is 4.01. The van der Waals surface area contributed by atoms with Crippen molar-refractivity contribution in [2.24, 2.45) is 5.92 Å². The quantitative estimate of drug-likeness (QED) is 0.930. The van der Waals surface area contributed by atoms with Gasteiger partial charge in [0.05, 0.1) is 0 Å². The minimum Gasteiger partial charge on any atom is -0.481 e. The van der Waals surface area contributed by atoms with E-state index in [1.807, 2.05) is 18.2 Å². The molecule has 1 saturated heterocycles. The van der Waals surface area contributed by atoms with Gasteiger partial charge in [-0.25, -0.2) is 0 Å². The number of nitrogens with zero attached hydrogens (tertiary/aromatic N) is 1. The number of hydrogen-bond acceptors (Lipinski definition) is 3. The Bertz CT molecular complexity index is 521. The van der Waals surface area contributed by atoms with E-state index < -0.39 is 6.10 Å². The molecule has 22 heavy (non-hydrogen) atoms. The Kier molecular flexibility index (Phi) is 5.12. The molecule has 4 heteroatoms. The molecule has 1 aliphatic heterocycles. The van der Waals surface area contributed by atoms with Gasteiger partial charge < -0.3 is 14.7 Å². The fourth-order valence-electron chi connectivity index (χ4n) is 2.73. The molecule has 2 atom stereocenters. The molecule has 2 rings (SSSR count). The van der Waals surface area contributed by atoms with Crippen molar-refractivity contribution < 1.29 is 14.6 Å². The summed E-state index contributed by atoms with van der Waals surface area (Å²) in [5, 5.41) is 9.18. The maximum atomic E-state index is 12.4. The molecule has 1 amide bonds. The fourth-order valence-corrected chi connectivity index (χ4v) is 2.73. The highest BCUT2D eigenvalue weighted by Crippen LogP contribution is 2.26. The predicted molar refractivity (Wildman–Crippen MR) is 87.0 cm³/mol. The van der Waals surface area contributed by atoms with E-state index in [1.165, 1.54) is 5.56 Å². The number of amides is 1. The van der Waals surface area contributed by atoms with Crippen LogP contribution in [-0.4, -0.2) is 41.7 Å². The number of benzene rings is 1. The first-order valence-electron chi connectivity index (χ1n) is 7.98. The number of ether oxygens (including phenoxy) is 1. The van der Waals surface area contributed by atoms with Gasteiger partial charge in [0, 0.05) is 25.6 Å². The fraction of sp³-hybridized carbons (Fsp3) is 0.611. The summed E-state index contributed by atoms with van der Waals surface area (Å²) in [5.41, 5.74) is 1.24. The van der Waals surface area contributed by atoms with Crippen LogP contribution in [0, 0.1) is 5.92 Å². The number of carbonyl (C=O) groups is 1. The number of aliphatic hydroxyl groups excluding tert-OH is 1. The average Bonchev–Trinajstić information content (AvgIpc) is 2.94. The minimum absolute atomic E-state index is 0.00267. The molecule has 122 valence electrons. The third-order valence-corrected chi connectivity index (χ3v) is 4.22. The highest BCUT2D eigenvalue weighted by atomic mass is 16.5. The summed E-state index contributed by atoms with van der Waals surface area (Å²) in [7, 11) is 0. The van der Waals surface area contributed by atoms with Crippen molar-refractivity contribution in [1.29, 1.82) is 0 Å². The van der Waals surface area contributed by atoms with E-state index in [9.17, 15) is 9.90 Å². The lowest BCUT2D eigenvalue weighted by molar-refractivity contribution is -0.137. The molecular formula is C18H27NO3. The maximum Gasteiger partial charge on any atom is 0.263 e. The Morgan fingerprint density at radius 2 is 2.18 bits per heavy atom. The van der Waals surface area contributed by atoms with Gasteiger partial charge in [0.2, 0.25) is 0 Å². The van der Waals surface area contributed by atoms with Gasteiger partial charge in [0.1, 0.15) is 5.75 Å². The molecule has 0 aliphatic carbocycles. The molecule has 1 aliphatic rings. The van der Waals surface area contributed by atoms with E-state index in [0.717, 1.165) is 12.2 Å². The van der Waals surface area contributed by atoms with Crippen LogP contribution in [0.2, 0.25) is 0 Å². The van der Waals surface area contributed by atoms with Crippen LogP contribution in [0.15, 0.2) is 24.3 Å². The third-order valence-electron chi connectivity index (χ3n) is 4.22. The van der Waals surface area contributed by atoms with Crippen molar-refractivity contribution in [2.45, 2.75) is 45.6 Å². The molecule has 0 saturated carbocycles. The van der Waals surface area contributed by atoms with Crippen LogP contribution in [-0.2, 0) is 10.2 Å². The zero-order valence-corrected chi connectivity index (χ0v) is 14.0. The molecule has 0 spiro atoms. The molecule has 4 nitrogen and oxygen atoms in total. The largest absolute Gasteiger partial charge is 0.481 e. The first-order chi connectivity index (χ1) is 10.3.